The summed E-state index contributed by atoms with van der Waals surface area (Å²) in [6, 6.07) is 6.34. The number of hydrogen-bond donors (Lipinski definition) is 1. The molecule has 1 aromatic heterocycles. The van der Waals surface area contributed by atoms with Gasteiger partial charge in [-0.3, -0.25) is 4.79 Å². The Morgan fingerprint density at radius 1 is 1.30 bits per heavy atom. The Morgan fingerprint density at radius 2 is 2.00 bits per heavy atom. The van der Waals surface area contributed by atoms with Crippen LogP contribution in [0.5, 0.6) is 5.75 Å². The summed E-state index contributed by atoms with van der Waals surface area (Å²) < 4.78 is 33.4. The van der Waals surface area contributed by atoms with Crippen molar-refractivity contribution in [1.82, 2.24) is 10.5 Å². The molecule has 23 heavy (non-hydrogen) atoms. The number of halogens is 2. The van der Waals surface area contributed by atoms with Crippen LogP contribution in [0.25, 0.3) is 0 Å². The van der Waals surface area contributed by atoms with Crippen LogP contribution >= 0.6 is 0 Å². The van der Waals surface area contributed by atoms with Crippen LogP contribution in [0.3, 0.4) is 0 Å². The molecule has 1 aromatic carbocycles. The van der Waals surface area contributed by atoms with E-state index in [1.165, 1.54) is 12.1 Å². The Labute approximate surface area is 132 Å². The predicted molar refractivity (Wildman–Crippen MR) is 79.5 cm³/mol. The minimum atomic E-state index is -2.83. The molecule has 7 heteroatoms. The first-order valence-electron chi connectivity index (χ1n) is 7.18. The molecule has 1 amide bonds. The Morgan fingerprint density at radius 3 is 2.57 bits per heavy atom. The zero-order valence-electron chi connectivity index (χ0n) is 12.9. The Hall–Kier alpha value is -2.44. The molecular weight excluding hydrogens is 306 g/mol. The second-order valence-corrected chi connectivity index (χ2v) is 5.10. The Kier molecular flexibility index (Phi) is 5.67. The van der Waals surface area contributed by atoms with Crippen molar-refractivity contribution in [2.45, 2.75) is 33.3 Å². The van der Waals surface area contributed by atoms with E-state index in [0.717, 1.165) is 11.1 Å². The first-order valence-corrected chi connectivity index (χ1v) is 7.18. The second-order valence-electron chi connectivity index (χ2n) is 5.10. The van der Waals surface area contributed by atoms with Crippen LogP contribution in [0.15, 0.2) is 28.8 Å². The van der Waals surface area contributed by atoms with Gasteiger partial charge in [0, 0.05) is 12.1 Å². The van der Waals surface area contributed by atoms with Crippen LogP contribution in [0, 0.1) is 13.8 Å². The number of rotatable bonds is 7. The Balaban J connectivity index is 1.77. The molecule has 0 spiro atoms. The third-order valence-corrected chi connectivity index (χ3v) is 3.40. The van der Waals surface area contributed by atoms with Gasteiger partial charge < -0.3 is 14.6 Å². The lowest BCUT2D eigenvalue weighted by molar-refractivity contribution is -0.120. The lowest BCUT2D eigenvalue weighted by Crippen LogP contribution is -2.27. The average Bonchev–Trinajstić information content (AvgIpc) is 2.80. The molecule has 0 saturated heterocycles. The van der Waals surface area contributed by atoms with E-state index >= 15 is 0 Å². The third-order valence-electron chi connectivity index (χ3n) is 3.40. The summed E-state index contributed by atoms with van der Waals surface area (Å²) in [4.78, 5) is 11.9. The van der Waals surface area contributed by atoms with Gasteiger partial charge in [-0.25, -0.2) is 0 Å². The number of nitrogens with zero attached hydrogens (tertiary/aromatic N) is 1. The molecule has 0 aliphatic heterocycles. The number of carbonyl (C=O) groups excluding carboxylic acids is 1. The third kappa shape index (κ3) is 5.05. The van der Waals surface area contributed by atoms with Crippen molar-refractivity contribution >= 4 is 5.91 Å². The highest BCUT2D eigenvalue weighted by atomic mass is 19.3. The van der Waals surface area contributed by atoms with Gasteiger partial charge in [-0.05, 0) is 38.0 Å². The second kappa shape index (κ2) is 7.71. The zero-order chi connectivity index (χ0) is 16.8. The molecule has 1 N–H and O–H groups in total. The highest BCUT2D eigenvalue weighted by Gasteiger charge is 2.13. The normalized spacial score (nSPS) is 10.8. The van der Waals surface area contributed by atoms with E-state index in [-0.39, 0.29) is 18.1 Å². The lowest BCUT2D eigenvalue weighted by atomic mass is 10.1. The minimum absolute atomic E-state index is 0.114. The fourth-order valence-electron chi connectivity index (χ4n) is 2.16. The number of aryl methyl sites for hydroxylation is 2. The largest absolute Gasteiger partial charge is 0.435 e. The van der Waals surface area contributed by atoms with Gasteiger partial charge in [0.25, 0.3) is 0 Å². The number of alkyl halides is 2. The molecule has 0 aliphatic rings. The van der Waals surface area contributed by atoms with Gasteiger partial charge in [0.15, 0.2) is 0 Å². The first-order chi connectivity index (χ1) is 11.0. The van der Waals surface area contributed by atoms with Crippen molar-refractivity contribution in [1.29, 1.82) is 0 Å². The summed E-state index contributed by atoms with van der Waals surface area (Å²) in [5, 5.41) is 6.62. The van der Waals surface area contributed by atoms with Crippen LogP contribution in [-0.2, 0) is 17.6 Å². The molecule has 0 radical (unpaired) electrons. The van der Waals surface area contributed by atoms with Crippen LogP contribution in [-0.4, -0.2) is 24.2 Å². The lowest BCUT2D eigenvalue weighted by Gasteiger charge is -2.07. The van der Waals surface area contributed by atoms with Crippen molar-refractivity contribution in [2.24, 2.45) is 0 Å². The summed E-state index contributed by atoms with van der Waals surface area (Å²) in [5.74, 6) is 0.649. The number of benzene rings is 1. The van der Waals surface area contributed by atoms with Gasteiger partial charge in [0.05, 0.1) is 12.1 Å². The first kappa shape index (κ1) is 16.9. The highest BCUT2D eigenvalue weighted by Crippen LogP contribution is 2.15. The smallest absolute Gasteiger partial charge is 0.387 e. The molecule has 0 fully saturated rings. The fourth-order valence-corrected chi connectivity index (χ4v) is 2.16. The van der Waals surface area contributed by atoms with Crippen LogP contribution < -0.4 is 10.1 Å². The molecule has 5 nitrogen and oxygen atoms in total. The summed E-state index contributed by atoms with van der Waals surface area (Å²) in [5.41, 5.74) is 2.44. The van der Waals surface area contributed by atoms with Gasteiger partial charge in [-0.1, -0.05) is 17.3 Å². The highest BCUT2D eigenvalue weighted by molar-refractivity contribution is 5.78. The summed E-state index contributed by atoms with van der Waals surface area (Å²) in [6.45, 7) is 1.19. The molecule has 1 heterocycles. The van der Waals surface area contributed by atoms with Crippen molar-refractivity contribution in [3.8, 4) is 5.75 Å². The number of amides is 1. The monoisotopic (exact) mass is 324 g/mol. The molecular formula is C16H18F2N2O3. The van der Waals surface area contributed by atoms with E-state index in [1.54, 1.807) is 26.0 Å². The Bertz CT molecular complexity index is 634. The zero-order valence-corrected chi connectivity index (χ0v) is 12.9. The van der Waals surface area contributed by atoms with Crippen LogP contribution in [0.2, 0.25) is 0 Å². The van der Waals surface area contributed by atoms with E-state index in [2.05, 4.69) is 15.2 Å². The maximum absolute atomic E-state index is 12.0. The minimum Gasteiger partial charge on any atom is -0.435 e. The molecule has 2 aromatic rings. The van der Waals surface area contributed by atoms with E-state index in [1.807, 2.05) is 0 Å². The van der Waals surface area contributed by atoms with E-state index in [0.29, 0.717) is 24.4 Å². The predicted octanol–water partition coefficient (Wildman–Crippen LogP) is 2.79. The van der Waals surface area contributed by atoms with Gasteiger partial charge in [-0.2, -0.15) is 8.78 Å². The van der Waals surface area contributed by atoms with E-state index < -0.39 is 6.61 Å². The van der Waals surface area contributed by atoms with Crippen molar-refractivity contribution in [2.75, 3.05) is 6.54 Å². The molecule has 0 aliphatic carbocycles. The summed E-state index contributed by atoms with van der Waals surface area (Å²) >= 11 is 0. The number of nitrogens with one attached hydrogen (secondary N) is 1. The molecule has 124 valence electrons. The standard InChI is InChI=1S/C16H18F2N2O3/c1-10-14(11(2)23-20-10)9-15(21)19-8-7-12-3-5-13(6-4-12)22-16(17)18/h3-6,16H,7-9H2,1-2H3,(H,19,21). The van der Waals surface area contributed by atoms with Crippen molar-refractivity contribution < 1.29 is 22.8 Å². The SMILES string of the molecule is Cc1noc(C)c1CC(=O)NCCc1ccc(OC(F)F)cc1. The van der Waals surface area contributed by atoms with E-state index in [9.17, 15) is 13.6 Å². The molecule has 0 saturated carbocycles. The summed E-state index contributed by atoms with van der Waals surface area (Å²) in [6.07, 6.45) is 0.824. The molecule has 2 rings (SSSR count). The van der Waals surface area contributed by atoms with Crippen LogP contribution in [0.1, 0.15) is 22.6 Å². The van der Waals surface area contributed by atoms with Crippen molar-refractivity contribution in [3.63, 3.8) is 0 Å². The van der Waals surface area contributed by atoms with Gasteiger partial charge in [-0.15, -0.1) is 0 Å². The number of aromatic nitrogens is 1. The quantitative estimate of drug-likeness (QED) is 0.850. The van der Waals surface area contributed by atoms with Crippen molar-refractivity contribution in [3.05, 3.63) is 46.8 Å². The number of carbonyl (C=O) groups is 1. The molecule has 0 atom stereocenters. The topological polar surface area (TPSA) is 64.4 Å². The van der Waals surface area contributed by atoms with Gasteiger partial charge in [0.2, 0.25) is 5.91 Å². The molecule has 0 bridgehead atoms. The number of hydrogen-bond acceptors (Lipinski definition) is 4. The van der Waals surface area contributed by atoms with Gasteiger partial charge >= 0.3 is 6.61 Å². The number of ether oxygens (including phenoxy) is 1. The molecule has 0 unspecified atom stereocenters. The van der Waals surface area contributed by atoms with Gasteiger partial charge in [0.1, 0.15) is 11.5 Å². The maximum atomic E-state index is 12.0. The summed E-state index contributed by atoms with van der Waals surface area (Å²) in [7, 11) is 0. The van der Waals surface area contributed by atoms with E-state index in [4.69, 9.17) is 4.52 Å². The fraction of sp³-hybridized carbons (Fsp3) is 0.375. The maximum Gasteiger partial charge on any atom is 0.387 e. The van der Waals surface area contributed by atoms with Crippen LogP contribution in [0.4, 0.5) is 8.78 Å². The average molecular weight is 324 g/mol.